The second-order valence-corrected chi connectivity index (χ2v) is 2.93. The standard InChI is InChI=1S/C8H13N3O4/c1-5(10-4-13)8(15)11-6(3-12)2-7(9)14/h3-6H,2H2,1H3,(H2,9,14)(H,10,13)(H,11,15)/t5-,6-/m0/s1. The van der Waals surface area contributed by atoms with Crippen LogP contribution < -0.4 is 16.4 Å². The van der Waals surface area contributed by atoms with Crippen LogP contribution in [-0.2, 0) is 19.2 Å². The highest BCUT2D eigenvalue weighted by Gasteiger charge is 2.17. The number of carbonyl (C=O) groups excluding carboxylic acids is 4. The first kappa shape index (κ1) is 13.1. The van der Waals surface area contributed by atoms with Crippen LogP contribution in [0.15, 0.2) is 0 Å². The third-order valence-corrected chi connectivity index (χ3v) is 1.62. The molecule has 0 aromatic heterocycles. The van der Waals surface area contributed by atoms with E-state index in [1.54, 1.807) is 0 Å². The second-order valence-electron chi connectivity index (χ2n) is 2.93. The van der Waals surface area contributed by atoms with Gasteiger partial charge in [-0.15, -0.1) is 0 Å². The SMILES string of the molecule is C[C@H](NC=O)C(=O)N[C@H](C=O)CC(N)=O. The van der Waals surface area contributed by atoms with E-state index in [0.29, 0.717) is 12.7 Å². The van der Waals surface area contributed by atoms with Crippen LogP contribution in [0.1, 0.15) is 13.3 Å². The molecule has 0 radical (unpaired) electrons. The zero-order valence-corrected chi connectivity index (χ0v) is 8.23. The lowest BCUT2D eigenvalue weighted by atomic mass is 10.2. The molecule has 84 valence electrons. The van der Waals surface area contributed by atoms with Gasteiger partial charge in [0, 0.05) is 0 Å². The molecule has 7 heteroatoms. The number of primary amides is 1. The molecular formula is C8H13N3O4. The highest BCUT2D eigenvalue weighted by atomic mass is 16.2. The minimum absolute atomic E-state index is 0.261. The van der Waals surface area contributed by atoms with Crippen molar-refractivity contribution in [2.24, 2.45) is 5.73 Å². The van der Waals surface area contributed by atoms with Crippen LogP contribution in [0, 0.1) is 0 Å². The molecule has 0 bridgehead atoms. The van der Waals surface area contributed by atoms with Gasteiger partial charge in [0.2, 0.25) is 18.2 Å². The number of carbonyl (C=O) groups is 4. The Morgan fingerprint density at radius 3 is 2.40 bits per heavy atom. The maximum absolute atomic E-state index is 11.2. The summed E-state index contributed by atoms with van der Waals surface area (Å²) < 4.78 is 0. The molecule has 0 saturated carbocycles. The van der Waals surface area contributed by atoms with E-state index in [1.165, 1.54) is 6.92 Å². The van der Waals surface area contributed by atoms with E-state index >= 15 is 0 Å². The summed E-state index contributed by atoms with van der Waals surface area (Å²) in [6, 6.07) is -1.72. The van der Waals surface area contributed by atoms with Gasteiger partial charge in [0.1, 0.15) is 12.3 Å². The fraction of sp³-hybridized carbons (Fsp3) is 0.500. The number of hydrogen-bond acceptors (Lipinski definition) is 4. The molecule has 0 heterocycles. The third kappa shape index (κ3) is 5.40. The fourth-order valence-corrected chi connectivity index (χ4v) is 0.835. The Balaban J connectivity index is 4.16. The van der Waals surface area contributed by atoms with Crippen LogP contribution in [0.5, 0.6) is 0 Å². The van der Waals surface area contributed by atoms with Crippen molar-refractivity contribution in [3.8, 4) is 0 Å². The zero-order valence-electron chi connectivity index (χ0n) is 8.23. The molecule has 0 aromatic carbocycles. The maximum atomic E-state index is 11.2. The predicted octanol–water partition coefficient (Wildman–Crippen LogP) is -2.32. The lowest BCUT2D eigenvalue weighted by Crippen LogP contribution is -2.47. The molecule has 0 aliphatic rings. The normalized spacial score (nSPS) is 13.4. The molecule has 0 fully saturated rings. The highest BCUT2D eigenvalue weighted by molar-refractivity contribution is 5.87. The van der Waals surface area contributed by atoms with Gasteiger partial charge in [-0.3, -0.25) is 14.4 Å². The van der Waals surface area contributed by atoms with Gasteiger partial charge in [0.15, 0.2) is 0 Å². The summed E-state index contributed by atoms with van der Waals surface area (Å²) in [5, 5.41) is 4.46. The van der Waals surface area contributed by atoms with E-state index in [0.717, 1.165) is 0 Å². The van der Waals surface area contributed by atoms with Gasteiger partial charge in [-0.2, -0.15) is 0 Å². The molecule has 0 spiro atoms. The molecule has 0 aliphatic carbocycles. The summed E-state index contributed by atoms with van der Waals surface area (Å²) in [7, 11) is 0. The molecule has 2 atom stereocenters. The average Bonchev–Trinajstić information content (AvgIpc) is 2.16. The summed E-state index contributed by atoms with van der Waals surface area (Å²) in [4.78, 5) is 42.2. The van der Waals surface area contributed by atoms with Gasteiger partial charge < -0.3 is 21.2 Å². The van der Waals surface area contributed by atoms with Crippen molar-refractivity contribution in [3.05, 3.63) is 0 Å². The van der Waals surface area contributed by atoms with Crippen molar-refractivity contribution in [2.75, 3.05) is 0 Å². The van der Waals surface area contributed by atoms with Gasteiger partial charge >= 0.3 is 0 Å². The first-order valence-corrected chi connectivity index (χ1v) is 4.25. The van der Waals surface area contributed by atoms with E-state index in [2.05, 4.69) is 10.6 Å². The Kier molecular flexibility index (Phi) is 5.69. The van der Waals surface area contributed by atoms with Gasteiger partial charge in [-0.05, 0) is 6.92 Å². The van der Waals surface area contributed by atoms with E-state index < -0.39 is 23.9 Å². The molecule has 3 amide bonds. The van der Waals surface area contributed by atoms with Crippen LogP contribution in [0.25, 0.3) is 0 Å². The lowest BCUT2D eigenvalue weighted by Gasteiger charge is -2.14. The van der Waals surface area contributed by atoms with Crippen LogP contribution >= 0.6 is 0 Å². The minimum atomic E-state index is -0.953. The van der Waals surface area contributed by atoms with Crippen LogP contribution in [0.3, 0.4) is 0 Å². The number of amides is 3. The summed E-state index contributed by atoms with van der Waals surface area (Å²) in [6.45, 7) is 1.44. The molecule has 0 aliphatic heterocycles. The van der Waals surface area contributed by atoms with Crippen molar-refractivity contribution in [1.29, 1.82) is 0 Å². The first-order valence-electron chi connectivity index (χ1n) is 4.25. The zero-order chi connectivity index (χ0) is 11.8. The monoisotopic (exact) mass is 215 g/mol. The van der Waals surface area contributed by atoms with Gasteiger partial charge in [-0.25, -0.2) is 0 Å². The largest absolute Gasteiger partial charge is 0.370 e. The Morgan fingerprint density at radius 2 is 2.00 bits per heavy atom. The highest BCUT2D eigenvalue weighted by Crippen LogP contribution is 1.89. The second kappa shape index (κ2) is 6.52. The van der Waals surface area contributed by atoms with Gasteiger partial charge in [-0.1, -0.05) is 0 Å². The topological polar surface area (TPSA) is 118 Å². The summed E-state index contributed by atoms with van der Waals surface area (Å²) in [5.41, 5.74) is 4.86. The maximum Gasteiger partial charge on any atom is 0.242 e. The number of aldehydes is 1. The Labute approximate surface area is 86.4 Å². The quantitative estimate of drug-likeness (QED) is 0.413. The fourth-order valence-electron chi connectivity index (χ4n) is 0.835. The molecule has 4 N–H and O–H groups in total. The third-order valence-electron chi connectivity index (χ3n) is 1.62. The smallest absolute Gasteiger partial charge is 0.242 e. The summed E-state index contributed by atoms with van der Waals surface area (Å²) >= 11 is 0. The van der Waals surface area contributed by atoms with Crippen LogP contribution in [0.2, 0.25) is 0 Å². The van der Waals surface area contributed by atoms with Crippen molar-refractivity contribution >= 4 is 24.5 Å². The van der Waals surface area contributed by atoms with E-state index in [1.807, 2.05) is 0 Å². The summed E-state index contributed by atoms with van der Waals surface area (Å²) in [5.74, 6) is -1.25. The van der Waals surface area contributed by atoms with Crippen LogP contribution in [0.4, 0.5) is 0 Å². The van der Waals surface area contributed by atoms with E-state index in [9.17, 15) is 19.2 Å². The molecule has 7 nitrogen and oxygen atoms in total. The number of hydrogen-bond donors (Lipinski definition) is 3. The molecule has 0 aromatic rings. The van der Waals surface area contributed by atoms with E-state index in [4.69, 9.17) is 5.73 Å². The number of nitrogens with two attached hydrogens (primary N) is 1. The Bertz CT molecular complexity index is 267. The molecular weight excluding hydrogens is 202 g/mol. The minimum Gasteiger partial charge on any atom is -0.370 e. The number of rotatable bonds is 7. The predicted molar refractivity (Wildman–Crippen MR) is 50.5 cm³/mol. The Morgan fingerprint density at radius 1 is 1.40 bits per heavy atom. The molecule has 15 heavy (non-hydrogen) atoms. The van der Waals surface area contributed by atoms with Crippen molar-refractivity contribution < 1.29 is 19.2 Å². The van der Waals surface area contributed by atoms with Gasteiger partial charge in [0.05, 0.1) is 12.5 Å². The first-order chi connectivity index (χ1) is 7.01. The van der Waals surface area contributed by atoms with Crippen molar-refractivity contribution in [3.63, 3.8) is 0 Å². The molecule has 0 unspecified atom stereocenters. The Hall–Kier alpha value is -1.92. The molecule has 0 saturated heterocycles. The number of nitrogens with one attached hydrogen (secondary N) is 2. The van der Waals surface area contributed by atoms with Crippen LogP contribution in [-0.4, -0.2) is 36.6 Å². The van der Waals surface area contributed by atoms with Crippen molar-refractivity contribution in [1.82, 2.24) is 10.6 Å². The average molecular weight is 215 g/mol. The van der Waals surface area contributed by atoms with Gasteiger partial charge in [0.25, 0.3) is 0 Å². The van der Waals surface area contributed by atoms with E-state index in [-0.39, 0.29) is 6.42 Å². The summed E-state index contributed by atoms with van der Waals surface area (Å²) in [6.07, 6.45) is 0.521. The lowest BCUT2D eigenvalue weighted by molar-refractivity contribution is -0.128. The molecule has 0 rings (SSSR count). The van der Waals surface area contributed by atoms with Crippen molar-refractivity contribution in [2.45, 2.75) is 25.4 Å².